The Morgan fingerprint density at radius 2 is 0.809 bits per heavy atom. The molecule has 8 rings (SSSR count). The van der Waals surface area contributed by atoms with Crippen molar-refractivity contribution in [2.45, 2.75) is 26.9 Å². The predicted molar refractivity (Wildman–Crippen MR) is 265 cm³/mol. The second-order valence-electron chi connectivity index (χ2n) is 15.9. The second kappa shape index (κ2) is 21.0. The zero-order valence-corrected chi connectivity index (χ0v) is 38.4. The lowest BCUT2D eigenvalue weighted by molar-refractivity contribution is 0.102. The van der Waals surface area contributed by atoms with Crippen molar-refractivity contribution in [1.82, 2.24) is 9.13 Å². The van der Waals surface area contributed by atoms with Crippen LogP contribution in [-0.2, 0) is 13.1 Å². The Morgan fingerprint density at radius 1 is 0.456 bits per heavy atom. The van der Waals surface area contributed by atoms with Crippen LogP contribution in [0.1, 0.15) is 86.2 Å². The molecule has 8 aromatic rings. The third kappa shape index (κ3) is 11.1. The summed E-state index contributed by atoms with van der Waals surface area (Å²) < 4.78 is 14.5. The molecule has 6 aromatic carbocycles. The van der Waals surface area contributed by atoms with Crippen molar-refractivity contribution in [3.8, 4) is 11.5 Å². The number of allylic oxidation sites excluding steroid dienone is 2. The molecule has 0 bridgehead atoms. The van der Waals surface area contributed by atoms with Crippen LogP contribution in [-0.4, -0.2) is 38.4 Å². The van der Waals surface area contributed by atoms with Crippen molar-refractivity contribution in [3.05, 3.63) is 259 Å². The highest BCUT2D eigenvalue weighted by Crippen LogP contribution is 2.26. The van der Waals surface area contributed by atoms with Gasteiger partial charge in [-0.3, -0.25) is 19.2 Å². The molecule has 0 N–H and O–H groups in total. The highest BCUT2D eigenvalue weighted by atomic mass is 35.5. The van der Waals surface area contributed by atoms with Gasteiger partial charge in [0.15, 0.2) is 11.6 Å². The molecule has 2 heterocycles. The Bertz CT molecular complexity index is 3020. The van der Waals surface area contributed by atoms with Crippen LogP contribution in [0.25, 0.3) is 12.2 Å². The molecule has 9 nitrogen and oxygen atoms in total. The van der Waals surface area contributed by atoms with E-state index in [0.29, 0.717) is 79.0 Å². The summed E-state index contributed by atoms with van der Waals surface area (Å²) in [4.78, 5) is 66.7. The number of aryl methyl sites for hydroxylation is 2. The molecule has 0 saturated heterocycles. The predicted octanol–water partition coefficient (Wildman–Crippen LogP) is 13.1. The van der Waals surface area contributed by atoms with E-state index in [2.05, 4.69) is 0 Å². The number of hydrogen-bond acceptors (Lipinski definition) is 7. The Hall–Kier alpha value is -8.11. The van der Waals surface area contributed by atoms with Gasteiger partial charge < -0.3 is 18.6 Å². The van der Waals surface area contributed by atoms with Crippen molar-refractivity contribution >= 4 is 64.6 Å². The number of rotatable bonds is 16. The first-order chi connectivity index (χ1) is 32.9. The van der Waals surface area contributed by atoms with E-state index in [4.69, 9.17) is 32.7 Å². The Labute approximate surface area is 403 Å². The van der Waals surface area contributed by atoms with Gasteiger partial charge in [0.1, 0.15) is 11.5 Å². The zero-order chi connectivity index (χ0) is 47.7. The van der Waals surface area contributed by atoms with Crippen LogP contribution in [0, 0.1) is 13.8 Å². The van der Waals surface area contributed by atoms with E-state index in [9.17, 15) is 24.0 Å². The van der Waals surface area contributed by atoms with E-state index in [-0.39, 0.29) is 34.6 Å². The zero-order valence-electron chi connectivity index (χ0n) is 36.9. The average molecular weight is 938 g/mol. The molecule has 0 radical (unpaired) electrons. The largest absolute Gasteiger partial charge is 0.519 e. The smallest absolute Gasteiger partial charge is 0.395 e. The molecule has 0 aliphatic rings. The number of ether oxygens (including phenoxy) is 2. The van der Waals surface area contributed by atoms with Gasteiger partial charge in [0, 0.05) is 68.9 Å². The highest BCUT2D eigenvalue weighted by molar-refractivity contribution is 6.31. The Morgan fingerprint density at radius 3 is 1.19 bits per heavy atom. The van der Waals surface area contributed by atoms with Crippen LogP contribution < -0.4 is 9.47 Å². The minimum atomic E-state index is -1.02. The van der Waals surface area contributed by atoms with Crippen LogP contribution in [0.2, 0.25) is 10.0 Å². The number of ketones is 4. The van der Waals surface area contributed by atoms with Crippen molar-refractivity contribution in [3.63, 3.8) is 0 Å². The van der Waals surface area contributed by atoms with Gasteiger partial charge in [-0.2, -0.15) is 0 Å². The summed E-state index contributed by atoms with van der Waals surface area (Å²) in [5.41, 5.74) is 7.09. The van der Waals surface area contributed by atoms with E-state index in [1.807, 2.05) is 120 Å². The van der Waals surface area contributed by atoms with E-state index in [1.165, 1.54) is 48.5 Å². The number of aromatic nitrogens is 2. The van der Waals surface area contributed by atoms with E-state index in [1.54, 1.807) is 48.5 Å². The molecule has 0 atom stereocenters. The maximum atomic E-state index is 13.8. The molecule has 0 spiro atoms. The highest BCUT2D eigenvalue weighted by Gasteiger charge is 2.18. The van der Waals surface area contributed by atoms with Crippen LogP contribution in [0.3, 0.4) is 0 Å². The van der Waals surface area contributed by atoms with Gasteiger partial charge in [-0.1, -0.05) is 119 Å². The first kappa shape index (κ1) is 46.4. The van der Waals surface area contributed by atoms with Gasteiger partial charge in [-0.05, 0) is 122 Å². The van der Waals surface area contributed by atoms with Crippen LogP contribution in [0.15, 0.2) is 182 Å². The van der Waals surface area contributed by atoms with Crippen LogP contribution in [0.4, 0.5) is 4.79 Å². The molecular formula is C57H42Cl2N2O7. The lowest BCUT2D eigenvalue weighted by Gasteiger charge is -2.10. The fourth-order valence-electron chi connectivity index (χ4n) is 7.46. The molecule has 11 heteroatoms. The van der Waals surface area contributed by atoms with Crippen LogP contribution >= 0.6 is 23.2 Å². The molecular weight excluding hydrogens is 896 g/mol. The molecule has 2 aromatic heterocycles. The lowest BCUT2D eigenvalue weighted by atomic mass is 9.98. The molecule has 0 aliphatic heterocycles. The van der Waals surface area contributed by atoms with Gasteiger partial charge in [-0.25, -0.2) is 4.79 Å². The fourth-order valence-corrected chi connectivity index (χ4v) is 7.81. The first-order valence-electron chi connectivity index (χ1n) is 21.5. The summed E-state index contributed by atoms with van der Waals surface area (Å²) in [7, 11) is 0. The summed E-state index contributed by atoms with van der Waals surface area (Å²) in [6.45, 7) is 4.72. The average Bonchev–Trinajstić information content (AvgIpc) is 4.02. The van der Waals surface area contributed by atoms with Crippen molar-refractivity contribution < 1.29 is 33.4 Å². The third-order valence-corrected chi connectivity index (χ3v) is 11.6. The standard InChI is InChI=1S/C57H42Cl2N2O7/c1-37-11-15-43(16-12-37)55(64)51-9-5-33-60(51)31-3-7-39-19-25-45(58)35-49(39)53(62)41-21-27-47(28-22-41)67-57(66)68-48-29-23-42(24-30-48)54(63)50-36-46(59)26-20-40(50)8-4-32-61-34-6-10-52(61)56(65)44-17-13-38(2)14-18-44/h3-30,33-36H,31-32H2,1-2H3/b7-3+,8-4+. The van der Waals surface area contributed by atoms with Crippen molar-refractivity contribution in [2.24, 2.45) is 0 Å². The lowest BCUT2D eigenvalue weighted by Crippen LogP contribution is -2.14. The maximum Gasteiger partial charge on any atom is 0.519 e. The topological polar surface area (TPSA) is 114 Å². The fraction of sp³-hybridized carbons (Fsp3) is 0.0702. The SMILES string of the molecule is Cc1ccc(C(=O)c2cccn2C/C=C/c2ccc(Cl)cc2C(=O)c2ccc(OC(=O)Oc3ccc(C(=O)c4cc(Cl)ccc4/C=C/Cn4cccc4C(=O)c4ccc(C)cc4)cc3)cc2)cc1. The number of carbonyl (C=O) groups excluding carboxylic acids is 5. The van der Waals surface area contributed by atoms with E-state index < -0.39 is 6.16 Å². The van der Waals surface area contributed by atoms with Gasteiger partial charge in [0.05, 0.1) is 11.4 Å². The number of benzene rings is 6. The maximum absolute atomic E-state index is 13.8. The van der Waals surface area contributed by atoms with Crippen molar-refractivity contribution in [2.75, 3.05) is 0 Å². The van der Waals surface area contributed by atoms with E-state index in [0.717, 1.165) is 11.1 Å². The molecule has 0 saturated carbocycles. The van der Waals surface area contributed by atoms with Crippen LogP contribution in [0.5, 0.6) is 11.5 Å². The summed E-state index contributed by atoms with van der Waals surface area (Å²) in [6.07, 6.45) is 10.0. The van der Waals surface area contributed by atoms with Gasteiger partial charge in [0.25, 0.3) is 0 Å². The summed E-state index contributed by atoms with van der Waals surface area (Å²) in [6, 6.07) is 44.2. The minimum absolute atomic E-state index is 0.0847. The molecule has 0 fully saturated rings. The van der Waals surface area contributed by atoms with Gasteiger partial charge in [-0.15, -0.1) is 0 Å². The van der Waals surface area contributed by atoms with Gasteiger partial charge >= 0.3 is 6.16 Å². The quantitative estimate of drug-likeness (QED) is 0.0538. The molecule has 0 amide bonds. The second-order valence-corrected chi connectivity index (χ2v) is 16.8. The van der Waals surface area contributed by atoms with Crippen molar-refractivity contribution in [1.29, 1.82) is 0 Å². The minimum Gasteiger partial charge on any atom is -0.395 e. The number of carbonyl (C=O) groups is 5. The Kier molecular flexibility index (Phi) is 14.4. The summed E-state index contributed by atoms with van der Waals surface area (Å²) in [5, 5.41) is 0.772. The number of halogens is 2. The molecule has 68 heavy (non-hydrogen) atoms. The van der Waals surface area contributed by atoms with E-state index >= 15 is 0 Å². The van der Waals surface area contributed by atoms with Gasteiger partial charge in [0.2, 0.25) is 11.6 Å². The molecule has 336 valence electrons. The summed E-state index contributed by atoms with van der Waals surface area (Å²) >= 11 is 12.7. The Balaban J connectivity index is 0.870. The first-order valence-corrected chi connectivity index (χ1v) is 22.3. The molecule has 0 unspecified atom stereocenters. The normalized spacial score (nSPS) is 11.2. The summed E-state index contributed by atoms with van der Waals surface area (Å²) in [5.74, 6) is -0.493. The monoisotopic (exact) mass is 936 g/mol. The molecule has 0 aliphatic carbocycles. The third-order valence-electron chi connectivity index (χ3n) is 11.1. The number of hydrogen-bond donors (Lipinski definition) is 0. The number of nitrogens with zero attached hydrogens (tertiary/aromatic N) is 2.